The lowest BCUT2D eigenvalue weighted by Crippen LogP contribution is -2.20. The fourth-order valence-corrected chi connectivity index (χ4v) is 2.12. The number of hydrogen-bond donors (Lipinski definition) is 1. The summed E-state index contributed by atoms with van der Waals surface area (Å²) in [7, 11) is 0. The summed E-state index contributed by atoms with van der Waals surface area (Å²) in [4.78, 5) is 11.6. The van der Waals surface area contributed by atoms with Crippen molar-refractivity contribution in [3.63, 3.8) is 0 Å². The highest BCUT2D eigenvalue weighted by Crippen LogP contribution is 2.16. The van der Waals surface area contributed by atoms with Crippen molar-refractivity contribution in [1.29, 1.82) is 0 Å². The Kier molecular flexibility index (Phi) is 4.70. The summed E-state index contributed by atoms with van der Waals surface area (Å²) >= 11 is 6.84. The number of nitrogens with one attached hydrogen (secondary N) is 1. The largest absolute Gasteiger partial charge is 0.484 e. The Morgan fingerprint density at radius 3 is 2.74 bits per heavy atom. The van der Waals surface area contributed by atoms with Gasteiger partial charge < -0.3 is 4.74 Å². The third kappa shape index (κ3) is 4.18. The molecule has 0 bridgehead atoms. The molecule has 1 amide bonds. The van der Waals surface area contributed by atoms with Gasteiger partial charge in [-0.3, -0.25) is 10.1 Å². The van der Waals surface area contributed by atoms with Gasteiger partial charge in [0.2, 0.25) is 5.13 Å². The number of carbonyl (C=O) groups is 1. The topological polar surface area (TPSA) is 64.1 Å². The molecule has 1 aromatic heterocycles. The van der Waals surface area contributed by atoms with E-state index < -0.39 is 0 Å². The molecule has 0 saturated heterocycles. The molecule has 2 aromatic rings. The van der Waals surface area contributed by atoms with Crippen LogP contribution >= 0.6 is 22.9 Å². The second kappa shape index (κ2) is 6.49. The highest BCUT2D eigenvalue weighted by molar-refractivity contribution is 7.15. The first kappa shape index (κ1) is 13.8. The van der Waals surface area contributed by atoms with Crippen LogP contribution in [-0.4, -0.2) is 22.7 Å². The lowest BCUT2D eigenvalue weighted by Gasteiger charge is -2.05. The molecule has 100 valence electrons. The Hall–Kier alpha value is -1.66. The molecule has 0 aliphatic rings. The van der Waals surface area contributed by atoms with Crippen LogP contribution in [-0.2, 0) is 10.7 Å². The fraction of sp³-hybridized carbons (Fsp3) is 0.250. The first-order chi connectivity index (χ1) is 9.17. The van der Waals surface area contributed by atoms with Crippen LogP contribution in [0.3, 0.4) is 0 Å². The zero-order valence-corrected chi connectivity index (χ0v) is 11.8. The normalized spacial score (nSPS) is 10.2. The quantitative estimate of drug-likeness (QED) is 0.862. The number of benzene rings is 1. The van der Waals surface area contributed by atoms with Gasteiger partial charge in [-0.2, -0.15) is 0 Å². The van der Waals surface area contributed by atoms with Gasteiger partial charge in [0.15, 0.2) is 6.61 Å². The van der Waals surface area contributed by atoms with E-state index in [9.17, 15) is 4.79 Å². The van der Waals surface area contributed by atoms with Crippen LogP contribution in [0.4, 0.5) is 5.13 Å². The maximum atomic E-state index is 11.6. The second-order valence-corrected chi connectivity index (χ2v) is 5.11. The van der Waals surface area contributed by atoms with Gasteiger partial charge >= 0.3 is 0 Å². The summed E-state index contributed by atoms with van der Waals surface area (Å²) in [6, 6.07) is 7.48. The fourth-order valence-electron chi connectivity index (χ4n) is 1.30. The van der Waals surface area contributed by atoms with Crippen LogP contribution in [0.1, 0.15) is 10.6 Å². The van der Waals surface area contributed by atoms with Crippen molar-refractivity contribution in [2.24, 2.45) is 0 Å². The summed E-state index contributed by atoms with van der Waals surface area (Å²) in [5.74, 6) is 0.658. The molecule has 0 atom stereocenters. The van der Waals surface area contributed by atoms with E-state index in [1.165, 1.54) is 11.3 Å². The maximum absolute atomic E-state index is 11.6. The number of rotatable bonds is 5. The minimum absolute atomic E-state index is 0.0706. The molecule has 7 heteroatoms. The van der Waals surface area contributed by atoms with Crippen molar-refractivity contribution in [3.05, 3.63) is 34.8 Å². The van der Waals surface area contributed by atoms with Crippen LogP contribution in [0.15, 0.2) is 24.3 Å². The Balaban J connectivity index is 1.82. The second-order valence-electron chi connectivity index (χ2n) is 3.78. The van der Waals surface area contributed by atoms with Gasteiger partial charge in [-0.05, 0) is 19.1 Å². The predicted octanol–water partition coefficient (Wildman–Crippen LogP) is 2.60. The van der Waals surface area contributed by atoms with E-state index in [1.807, 2.05) is 31.2 Å². The van der Waals surface area contributed by atoms with E-state index in [0.29, 0.717) is 15.9 Å². The summed E-state index contributed by atoms with van der Waals surface area (Å²) in [6.45, 7) is 1.92. The Morgan fingerprint density at radius 1 is 1.37 bits per heavy atom. The zero-order chi connectivity index (χ0) is 13.7. The molecule has 1 aromatic carbocycles. The van der Waals surface area contributed by atoms with E-state index in [0.717, 1.165) is 5.56 Å². The minimum atomic E-state index is -0.280. The van der Waals surface area contributed by atoms with E-state index in [4.69, 9.17) is 16.3 Å². The lowest BCUT2D eigenvalue weighted by molar-refractivity contribution is -0.118. The van der Waals surface area contributed by atoms with Crippen molar-refractivity contribution in [2.75, 3.05) is 11.9 Å². The molecule has 0 aliphatic carbocycles. The number of aromatic nitrogens is 2. The van der Waals surface area contributed by atoms with Crippen LogP contribution in [0.2, 0.25) is 0 Å². The van der Waals surface area contributed by atoms with Gasteiger partial charge in [-0.1, -0.05) is 29.0 Å². The summed E-state index contributed by atoms with van der Waals surface area (Å²) < 4.78 is 5.35. The summed E-state index contributed by atoms with van der Waals surface area (Å²) in [5.41, 5.74) is 1.14. The van der Waals surface area contributed by atoms with Crippen LogP contribution in [0.25, 0.3) is 0 Å². The molecule has 0 spiro atoms. The van der Waals surface area contributed by atoms with Crippen LogP contribution in [0, 0.1) is 6.92 Å². The summed E-state index contributed by atoms with van der Waals surface area (Å²) in [6.07, 6.45) is 0. The molecule has 0 fully saturated rings. The molecule has 2 rings (SSSR count). The monoisotopic (exact) mass is 297 g/mol. The number of halogens is 1. The highest BCUT2D eigenvalue weighted by Gasteiger charge is 2.08. The average molecular weight is 298 g/mol. The molecule has 5 nitrogen and oxygen atoms in total. The molecule has 1 heterocycles. The van der Waals surface area contributed by atoms with Crippen molar-refractivity contribution in [1.82, 2.24) is 10.2 Å². The molecule has 0 radical (unpaired) electrons. The van der Waals surface area contributed by atoms with Crippen molar-refractivity contribution < 1.29 is 9.53 Å². The molecule has 19 heavy (non-hydrogen) atoms. The molecular formula is C12H12ClN3O2S. The first-order valence-corrected chi connectivity index (χ1v) is 6.90. The first-order valence-electron chi connectivity index (χ1n) is 5.55. The number of alkyl halides is 1. The molecule has 0 unspecified atom stereocenters. The molecule has 0 aliphatic heterocycles. The predicted molar refractivity (Wildman–Crippen MR) is 74.8 cm³/mol. The van der Waals surface area contributed by atoms with Crippen molar-refractivity contribution in [3.8, 4) is 5.75 Å². The maximum Gasteiger partial charge on any atom is 0.264 e. The molecule has 1 N–H and O–H groups in total. The SMILES string of the molecule is Cc1ccc(OCC(=O)Nc2nnc(CCl)s2)cc1. The third-order valence-corrected chi connectivity index (χ3v) is 3.47. The van der Waals surface area contributed by atoms with Gasteiger partial charge in [0, 0.05) is 0 Å². The van der Waals surface area contributed by atoms with Crippen LogP contribution < -0.4 is 10.1 Å². The standard InChI is InChI=1S/C12H12ClN3O2S/c1-8-2-4-9(5-3-8)18-7-10(17)14-12-16-15-11(6-13)19-12/h2-5H,6-7H2,1H3,(H,14,16,17). The Bertz CT molecular complexity index is 556. The van der Waals surface area contributed by atoms with E-state index >= 15 is 0 Å². The number of anilines is 1. The Labute approximate surface area is 119 Å². The smallest absolute Gasteiger partial charge is 0.264 e. The van der Waals surface area contributed by atoms with Gasteiger partial charge in [-0.25, -0.2) is 0 Å². The van der Waals surface area contributed by atoms with E-state index in [-0.39, 0.29) is 18.4 Å². The number of ether oxygens (including phenoxy) is 1. The number of aryl methyl sites for hydroxylation is 1. The highest BCUT2D eigenvalue weighted by atomic mass is 35.5. The van der Waals surface area contributed by atoms with E-state index in [1.54, 1.807) is 0 Å². The number of hydrogen-bond acceptors (Lipinski definition) is 5. The average Bonchev–Trinajstić information content (AvgIpc) is 2.86. The van der Waals surface area contributed by atoms with Crippen LogP contribution in [0.5, 0.6) is 5.75 Å². The minimum Gasteiger partial charge on any atom is -0.484 e. The molecular weight excluding hydrogens is 286 g/mol. The lowest BCUT2D eigenvalue weighted by atomic mass is 10.2. The third-order valence-electron chi connectivity index (χ3n) is 2.22. The number of amides is 1. The Morgan fingerprint density at radius 2 is 2.11 bits per heavy atom. The van der Waals surface area contributed by atoms with Crippen molar-refractivity contribution >= 4 is 34.0 Å². The summed E-state index contributed by atoms with van der Waals surface area (Å²) in [5, 5.41) is 11.3. The molecule has 0 saturated carbocycles. The van der Waals surface area contributed by atoms with Gasteiger partial charge in [0.05, 0.1) is 5.88 Å². The number of carbonyl (C=O) groups excluding carboxylic acids is 1. The van der Waals surface area contributed by atoms with Gasteiger partial charge in [0.1, 0.15) is 10.8 Å². The zero-order valence-electron chi connectivity index (χ0n) is 10.2. The van der Waals surface area contributed by atoms with Gasteiger partial charge in [-0.15, -0.1) is 21.8 Å². The van der Waals surface area contributed by atoms with E-state index in [2.05, 4.69) is 15.5 Å². The van der Waals surface area contributed by atoms with Crippen molar-refractivity contribution in [2.45, 2.75) is 12.8 Å². The number of nitrogens with zero attached hydrogens (tertiary/aromatic N) is 2. The van der Waals surface area contributed by atoms with Gasteiger partial charge in [0.25, 0.3) is 5.91 Å².